The van der Waals surface area contributed by atoms with Crippen molar-refractivity contribution in [3.05, 3.63) is 46.8 Å². The topological polar surface area (TPSA) is 22.0 Å². The summed E-state index contributed by atoms with van der Waals surface area (Å²) < 4.78 is 1.90. The SMILES string of the molecule is Cc1cc2c(cc1-c1cc(C=O)n(C)c1)C(C)(C)CCC2(C)C. The molecule has 0 amide bonds. The first-order chi connectivity index (χ1) is 10.7. The molecule has 1 aromatic heterocycles. The van der Waals surface area contributed by atoms with Crippen LogP contribution in [0.4, 0.5) is 0 Å². The van der Waals surface area contributed by atoms with Gasteiger partial charge >= 0.3 is 0 Å². The molecule has 3 rings (SSSR count). The normalized spacial score (nSPS) is 18.5. The number of hydrogen-bond donors (Lipinski definition) is 0. The van der Waals surface area contributed by atoms with Crippen LogP contribution in [0.2, 0.25) is 0 Å². The van der Waals surface area contributed by atoms with Crippen molar-refractivity contribution in [3.8, 4) is 11.1 Å². The number of benzene rings is 1. The second-order valence-electron chi connectivity index (χ2n) is 8.36. The minimum Gasteiger partial charge on any atom is -0.348 e. The maximum absolute atomic E-state index is 11.2. The zero-order valence-corrected chi connectivity index (χ0v) is 15.2. The molecule has 0 unspecified atom stereocenters. The average Bonchev–Trinajstić information content (AvgIpc) is 2.84. The Hall–Kier alpha value is -1.83. The van der Waals surface area contributed by atoms with Gasteiger partial charge in [0.15, 0.2) is 6.29 Å². The van der Waals surface area contributed by atoms with Crippen LogP contribution in [-0.4, -0.2) is 10.9 Å². The van der Waals surface area contributed by atoms with E-state index >= 15 is 0 Å². The minimum absolute atomic E-state index is 0.204. The first-order valence-corrected chi connectivity index (χ1v) is 8.43. The smallest absolute Gasteiger partial charge is 0.166 e. The third-order valence-electron chi connectivity index (χ3n) is 5.67. The average molecular weight is 309 g/mol. The Bertz CT molecular complexity index is 777. The van der Waals surface area contributed by atoms with E-state index < -0.39 is 0 Å². The van der Waals surface area contributed by atoms with Gasteiger partial charge in [0.25, 0.3) is 0 Å². The highest BCUT2D eigenvalue weighted by Gasteiger charge is 2.37. The highest BCUT2D eigenvalue weighted by molar-refractivity contribution is 5.79. The number of carbonyl (C=O) groups excluding carboxylic acids is 1. The molecule has 0 N–H and O–H groups in total. The Morgan fingerprint density at radius 2 is 1.57 bits per heavy atom. The van der Waals surface area contributed by atoms with E-state index in [2.05, 4.69) is 52.9 Å². The predicted octanol–water partition coefficient (Wildman–Crippen LogP) is 5.16. The van der Waals surface area contributed by atoms with Crippen LogP contribution in [0, 0.1) is 6.92 Å². The molecular weight excluding hydrogens is 282 g/mol. The number of fused-ring (bicyclic) bond motifs is 1. The Morgan fingerprint density at radius 3 is 2.09 bits per heavy atom. The first-order valence-electron chi connectivity index (χ1n) is 8.43. The van der Waals surface area contributed by atoms with E-state index in [9.17, 15) is 4.79 Å². The fourth-order valence-corrected chi connectivity index (χ4v) is 3.88. The number of carbonyl (C=O) groups is 1. The number of aromatic nitrogens is 1. The lowest BCUT2D eigenvalue weighted by molar-refractivity contribution is 0.111. The van der Waals surface area contributed by atoms with Gasteiger partial charge in [0.05, 0.1) is 5.69 Å². The molecule has 2 nitrogen and oxygen atoms in total. The van der Waals surface area contributed by atoms with Crippen molar-refractivity contribution in [1.29, 1.82) is 0 Å². The second kappa shape index (κ2) is 5.09. The van der Waals surface area contributed by atoms with Crippen LogP contribution < -0.4 is 0 Å². The quantitative estimate of drug-likeness (QED) is 0.702. The summed E-state index contributed by atoms with van der Waals surface area (Å²) in [6.07, 6.45) is 5.42. The fourth-order valence-electron chi connectivity index (χ4n) is 3.88. The molecule has 0 atom stereocenters. The van der Waals surface area contributed by atoms with Crippen LogP contribution in [-0.2, 0) is 17.9 Å². The maximum Gasteiger partial charge on any atom is 0.166 e. The van der Waals surface area contributed by atoms with Gasteiger partial charge in [0, 0.05) is 18.8 Å². The lowest BCUT2D eigenvalue weighted by atomic mass is 9.62. The molecule has 1 heterocycles. The van der Waals surface area contributed by atoms with Gasteiger partial charge in [0.1, 0.15) is 0 Å². The highest BCUT2D eigenvalue weighted by atomic mass is 16.1. The summed E-state index contributed by atoms with van der Waals surface area (Å²) in [7, 11) is 1.92. The molecule has 0 spiro atoms. The van der Waals surface area contributed by atoms with Crippen molar-refractivity contribution in [2.24, 2.45) is 7.05 Å². The summed E-state index contributed by atoms with van der Waals surface area (Å²) in [4.78, 5) is 11.2. The Labute approximate surface area is 139 Å². The standard InChI is InChI=1S/C21H27NO/c1-14-9-18-19(21(4,5)8-7-20(18,2)3)11-17(14)15-10-16(13-23)22(6)12-15/h9-13H,7-8H2,1-6H3. The molecule has 1 aliphatic rings. The molecule has 1 aromatic carbocycles. The summed E-state index contributed by atoms with van der Waals surface area (Å²) >= 11 is 0. The van der Waals surface area contributed by atoms with E-state index in [0.717, 1.165) is 17.5 Å². The minimum atomic E-state index is 0.204. The first kappa shape index (κ1) is 16.0. The number of aldehydes is 1. The van der Waals surface area contributed by atoms with Gasteiger partial charge in [-0.05, 0) is 65.0 Å². The molecule has 23 heavy (non-hydrogen) atoms. The van der Waals surface area contributed by atoms with E-state index in [1.807, 2.05) is 17.7 Å². The zero-order chi connectivity index (χ0) is 17.0. The van der Waals surface area contributed by atoms with Crippen LogP contribution in [0.15, 0.2) is 24.4 Å². The molecule has 0 saturated heterocycles. The van der Waals surface area contributed by atoms with Gasteiger partial charge in [-0.2, -0.15) is 0 Å². The number of hydrogen-bond acceptors (Lipinski definition) is 1. The highest BCUT2D eigenvalue weighted by Crippen LogP contribution is 2.47. The van der Waals surface area contributed by atoms with Crippen LogP contribution in [0.5, 0.6) is 0 Å². The van der Waals surface area contributed by atoms with Crippen molar-refractivity contribution in [3.63, 3.8) is 0 Å². The van der Waals surface area contributed by atoms with Gasteiger partial charge < -0.3 is 4.57 Å². The zero-order valence-electron chi connectivity index (χ0n) is 15.2. The largest absolute Gasteiger partial charge is 0.348 e. The Morgan fingerprint density at radius 1 is 1.00 bits per heavy atom. The molecule has 0 bridgehead atoms. The molecule has 0 saturated carbocycles. The van der Waals surface area contributed by atoms with Crippen molar-refractivity contribution in [1.82, 2.24) is 4.57 Å². The van der Waals surface area contributed by atoms with Crippen LogP contribution in [0.25, 0.3) is 11.1 Å². The maximum atomic E-state index is 11.2. The molecule has 0 aliphatic heterocycles. The third kappa shape index (κ3) is 2.54. The Balaban J connectivity index is 2.23. The lowest BCUT2D eigenvalue weighted by Crippen LogP contribution is -2.34. The molecule has 122 valence electrons. The van der Waals surface area contributed by atoms with E-state index in [4.69, 9.17) is 0 Å². The summed E-state index contributed by atoms with van der Waals surface area (Å²) in [5.74, 6) is 0. The van der Waals surface area contributed by atoms with Crippen LogP contribution in [0.3, 0.4) is 0 Å². The Kier molecular flexibility index (Phi) is 3.55. The molecule has 0 fully saturated rings. The molecule has 1 aliphatic carbocycles. The van der Waals surface area contributed by atoms with Gasteiger partial charge in [-0.3, -0.25) is 4.79 Å². The lowest BCUT2D eigenvalue weighted by Gasteiger charge is -2.42. The second-order valence-corrected chi connectivity index (χ2v) is 8.36. The van der Waals surface area contributed by atoms with Crippen molar-refractivity contribution in [2.45, 2.75) is 58.3 Å². The van der Waals surface area contributed by atoms with Crippen molar-refractivity contribution in [2.75, 3.05) is 0 Å². The predicted molar refractivity (Wildman–Crippen MR) is 96.3 cm³/mol. The summed E-state index contributed by atoms with van der Waals surface area (Å²) in [6.45, 7) is 11.6. The van der Waals surface area contributed by atoms with E-state index in [0.29, 0.717) is 0 Å². The molecular formula is C21H27NO. The van der Waals surface area contributed by atoms with Gasteiger partial charge in [-0.1, -0.05) is 33.8 Å². The molecule has 0 radical (unpaired) electrons. The molecule has 2 heteroatoms. The van der Waals surface area contributed by atoms with E-state index in [1.54, 1.807) is 0 Å². The number of aryl methyl sites for hydroxylation is 2. The van der Waals surface area contributed by atoms with Gasteiger partial charge in [0.2, 0.25) is 0 Å². The van der Waals surface area contributed by atoms with E-state index in [-0.39, 0.29) is 10.8 Å². The number of rotatable bonds is 2. The van der Waals surface area contributed by atoms with E-state index in [1.165, 1.54) is 35.1 Å². The summed E-state index contributed by atoms with van der Waals surface area (Å²) in [6, 6.07) is 6.73. The monoisotopic (exact) mass is 309 g/mol. The van der Waals surface area contributed by atoms with Crippen molar-refractivity contribution < 1.29 is 4.79 Å². The van der Waals surface area contributed by atoms with Crippen molar-refractivity contribution >= 4 is 6.29 Å². The fraction of sp³-hybridized carbons (Fsp3) is 0.476. The number of nitrogens with zero attached hydrogens (tertiary/aromatic N) is 1. The van der Waals surface area contributed by atoms with Crippen LogP contribution >= 0.6 is 0 Å². The molecule has 2 aromatic rings. The van der Waals surface area contributed by atoms with Gasteiger partial charge in [-0.15, -0.1) is 0 Å². The summed E-state index contributed by atoms with van der Waals surface area (Å²) in [5, 5.41) is 0. The third-order valence-corrected chi connectivity index (χ3v) is 5.67. The summed E-state index contributed by atoms with van der Waals surface area (Å²) in [5.41, 5.74) is 7.78. The van der Waals surface area contributed by atoms with Gasteiger partial charge in [-0.25, -0.2) is 0 Å². The van der Waals surface area contributed by atoms with Crippen LogP contribution in [0.1, 0.15) is 67.7 Å².